The highest BCUT2D eigenvalue weighted by Crippen LogP contribution is 2.21. The van der Waals surface area contributed by atoms with Gasteiger partial charge >= 0.3 is 6.03 Å². The molecule has 122 valence electrons. The van der Waals surface area contributed by atoms with Crippen molar-refractivity contribution < 1.29 is 9.53 Å². The number of carbonyl (C=O) groups excluding carboxylic acids is 1. The van der Waals surface area contributed by atoms with Gasteiger partial charge in [-0.15, -0.1) is 0 Å². The Morgan fingerprint density at radius 2 is 1.58 bits per heavy atom. The highest BCUT2D eigenvalue weighted by atomic mass is 16.5. The molecule has 0 aliphatic carbocycles. The third-order valence-electron chi connectivity index (χ3n) is 3.77. The number of urea groups is 1. The van der Waals surface area contributed by atoms with Gasteiger partial charge in [-0.2, -0.15) is 0 Å². The maximum atomic E-state index is 11.9. The lowest BCUT2D eigenvalue weighted by Crippen LogP contribution is -2.34. The molecule has 3 rings (SSSR count). The molecule has 0 atom stereocenters. The largest absolute Gasteiger partial charge is 0.497 e. The second-order valence-corrected chi connectivity index (χ2v) is 5.44. The molecular formula is C19H19N3O2. The van der Waals surface area contributed by atoms with Gasteiger partial charge in [0.15, 0.2) is 0 Å². The van der Waals surface area contributed by atoms with Crippen LogP contribution in [-0.4, -0.2) is 18.1 Å². The number of ether oxygens (including phenoxy) is 1. The molecule has 2 amide bonds. The lowest BCUT2D eigenvalue weighted by Gasteiger charge is -2.09. The van der Waals surface area contributed by atoms with E-state index in [9.17, 15) is 4.79 Å². The highest BCUT2D eigenvalue weighted by Gasteiger charge is 2.02. The number of rotatable bonds is 5. The number of methoxy groups -OCH3 is 1. The first-order chi connectivity index (χ1) is 11.7. The average molecular weight is 321 g/mol. The second-order valence-electron chi connectivity index (χ2n) is 5.44. The Kier molecular flexibility index (Phi) is 4.91. The van der Waals surface area contributed by atoms with E-state index < -0.39 is 0 Å². The fourth-order valence-electron chi connectivity index (χ4n) is 2.44. The molecular weight excluding hydrogens is 302 g/mol. The Balaban J connectivity index is 1.56. The fourth-order valence-corrected chi connectivity index (χ4v) is 2.44. The first kappa shape index (κ1) is 15.8. The van der Waals surface area contributed by atoms with Crippen molar-refractivity contribution in [2.75, 3.05) is 7.11 Å². The summed E-state index contributed by atoms with van der Waals surface area (Å²) < 4.78 is 5.23. The molecule has 1 heterocycles. The van der Waals surface area contributed by atoms with E-state index in [1.807, 2.05) is 42.5 Å². The SMILES string of the molecule is COc1ccc2cc(CNC(=O)NCc3ccncc3)ccc2c1. The van der Waals surface area contributed by atoms with E-state index in [0.29, 0.717) is 13.1 Å². The van der Waals surface area contributed by atoms with Gasteiger partial charge in [0, 0.05) is 25.5 Å². The maximum absolute atomic E-state index is 11.9. The number of nitrogens with zero attached hydrogens (tertiary/aromatic N) is 1. The number of pyridine rings is 1. The van der Waals surface area contributed by atoms with Crippen LogP contribution in [0.25, 0.3) is 10.8 Å². The number of amides is 2. The van der Waals surface area contributed by atoms with Gasteiger partial charge < -0.3 is 15.4 Å². The lowest BCUT2D eigenvalue weighted by molar-refractivity contribution is 0.240. The molecule has 0 aliphatic heterocycles. The van der Waals surface area contributed by atoms with Crippen LogP contribution in [0.4, 0.5) is 4.79 Å². The Bertz CT molecular complexity index is 834. The third-order valence-corrected chi connectivity index (χ3v) is 3.77. The molecule has 2 N–H and O–H groups in total. The minimum absolute atomic E-state index is 0.193. The number of carbonyl (C=O) groups is 1. The average Bonchev–Trinajstić information content (AvgIpc) is 2.65. The van der Waals surface area contributed by atoms with Crippen LogP contribution in [0.5, 0.6) is 5.75 Å². The summed E-state index contributed by atoms with van der Waals surface area (Å²) in [6, 6.07) is 15.6. The summed E-state index contributed by atoms with van der Waals surface area (Å²) in [5.74, 6) is 0.837. The summed E-state index contributed by atoms with van der Waals surface area (Å²) in [6.07, 6.45) is 3.41. The molecule has 0 aliphatic rings. The molecule has 3 aromatic rings. The first-order valence-corrected chi connectivity index (χ1v) is 7.72. The standard InChI is InChI=1S/C19H19N3O2/c1-24-18-5-4-16-10-15(2-3-17(16)11-18)13-22-19(23)21-12-14-6-8-20-9-7-14/h2-11H,12-13H2,1H3,(H2,21,22,23). The summed E-state index contributed by atoms with van der Waals surface area (Å²) in [4.78, 5) is 15.8. The summed E-state index contributed by atoms with van der Waals surface area (Å²) in [6.45, 7) is 0.954. The summed E-state index contributed by atoms with van der Waals surface area (Å²) >= 11 is 0. The van der Waals surface area contributed by atoms with Crippen molar-refractivity contribution in [1.82, 2.24) is 15.6 Å². The normalized spacial score (nSPS) is 10.4. The second kappa shape index (κ2) is 7.46. The zero-order valence-electron chi connectivity index (χ0n) is 13.5. The molecule has 0 saturated heterocycles. The number of hydrogen-bond donors (Lipinski definition) is 2. The van der Waals surface area contributed by atoms with Crippen LogP contribution in [0.1, 0.15) is 11.1 Å². The summed E-state index contributed by atoms with van der Waals surface area (Å²) in [7, 11) is 1.66. The van der Waals surface area contributed by atoms with E-state index in [4.69, 9.17) is 4.74 Å². The van der Waals surface area contributed by atoms with Crippen molar-refractivity contribution in [2.45, 2.75) is 13.1 Å². The Hall–Kier alpha value is -3.08. The highest BCUT2D eigenvalue weighted by molar-refractivity contribution is 5.84. The molecule has 0 spiro atoms. The molecule has 0 bridgehead atoms. The molecule has 0 radical (unpaired) electrons. The topological polar surface area (TPSA) is 63.2 Å². The zero-order valence-corrected chi connectivity index (χ0v) is 13.5. The zero-order chi connectivity index (χ0) is 16.8. The molecule has 2 aromatic carbocycles. The Morgan fingerprint density at radius 1 is 0.917 bits per heavy atom. The number of hydrogen-bond acceptors (Lipinski definition) is 3. The molecule has 0 fully saturated rings. The molecule has 0 unspecified atom stereocenters. The third kappa shape index (κ3) is 4.01. The van der Waals surface area contributed by atoms with Crippen LogP contribution in [0, 0.1) is 0 Å². The predicted octanol–water partition coefficient (Wildman–Crippen LogP) is 3.24. The van der Waals surface area contributed by atoms with Gasteiger partial charge in [-0.1, -0.05) is 18.2 Å². The van der Waals surface area contributed by atoms with Gasteiger partial charge in [0.05, 0.1) is 7.11 Å². The maximum Gasteiger partial charge on any atom is 0.315 e. The van der Waals surface area contributed by atoms with E-state index in [2.05, 4.69) is 21.7 Å². The van der Waals surface area contributed by atoms with Crippen LogP contribution in [0.3, 0.4) is 0 Å². The van der Waals surface area contributed by atoms with E-state index >= 15 is 0 Å². The number of benzene rings is 2. The predicted molar refractivity (Wildman–Crippen MR) is 93.8 cm³/mol. The molecule has 1 aromatic heterocycles. The van der Waals surface area contributed by atoms with Crippen LogP contribution >= 0.6 is 0 Å². The van der Waals surface area contributed by atoms with Crippen molar-refractivity contribution in [3.05, 3.63) is 72.1 Å². The van der Waals surface area contributed by atoms with Crippen LogP contribution in [0.2, 0.25) is 0 Å². The monoisotopic (exact) mass is 321 g/mol. The minimum Gasteiger partial charge on any atom is -0.497 e. The molecule has 5 nitrogen and oxygen atoms in total. The quantitative estimate of drug-likeness (QED) is 0.758. The Labute approximate surface area is 140 Å². The van der Waals surface area contributed by atoms with E-state index in [0.717, 1.165) is 27.6 Å². The summed E-state index contributed by atoms with van der Waals surface area (Å²) in [5.41, 5.74) is 2.06. The van der Waals surface area contributed by atoms with Crippen molar-refractivity contribution in [3.8, 4) is 5.75 Å². The van der Waals surface area contributed by atoms with Crippen LogP contribution in [-0.2, 0) is 13.1 Å². The van der Waals surface area contributed by atoms with E-state index in [-0.39, 0.29) is 6.03 Å². The number of fused-ring (bicyclic) bond motifs is 1. The van der Waals surface area contributed by atoms with Gasteiger partial charge in [0.1, 0.15) is 5.75 Å². The van der Waals surface area contributed by atoms with Gasteiger partial charge in [-0.05, 0) is 52.2 Å². The van der Waals surface area contributed by atoms with Gasteiger partial charge in [-0.25, -0.2) is 4.79 Å². The first-order valence-electron chi connectivity index (χ1n) is 7.72. The van der Waals surface area contributed by atoms with Gasteiger partial charge in [0.2, 0.25) is 0 Å². The molecule has 0 saturated carbocycles. The fraction of sp³-hybridized carbons (Fsp3) is 0.158. The van der Waals surface area contributed by atoms with Crippen LogP contribution < -0.4 is 15.4 Å². The summed E-state index contributed by atoms with van der Waals surface area (Å²) in [5, 5.41) is 7.92. The molecule has 5 heteroatoms. The van der Waals surface area contributed by atoms with Gasteiger partial charge in [0.25, 0.3) is 0 Å². The lowest BCUT2D eigenvalue weighted by atomic mass is 10.1. The number of aromatic nitrogens is 1. The minimum atomic E-state index is -0.193. The molecule has 24 heavy (non-hydrogen) atoms. The number of nitrogens with one attached hydrogen (secondary N) is 2. The van der Waals surface area contributed by atoms with Gasteiger partial charge in [-0.3, -0.25) is 4.98 Å². The van der Waals surface area contributed by atoms with Crippen molar-refractivity contribution in [2.24, 2.45) is 0 Å². The Morgan fingerprint density at radius 3 is 2.33 bits per heavy atom. The smallest absolute Gasteiger partial charge is 0.315 e. The van der Waals surface area contributed by atoms with Crippen molar-refractivity contribution in [1.29, 1.82) is 0 Å². The van der Waals surface area contributed by atoms with Crippen molar-refractivity contribution in [3.63, 3.8) is 0 Å². The van der Waals surface area contributed by atoms with E-state index in [1.165, 1.54) is 0 Å². The van der Waals surface area contributed by atoms with E-state index in [1.54, 1.807) is 19.5 Å². The van der Waals surface area contributed by atoms with Crippen LogP contribution in [0.15, 0.2) is 60.9 Å². The van der Waals surface area contributed by atoms with Crippen molar-refractivity contribution >= 4 is 16.8 Å².